The summed E-state index contributed by atoms with van der Waals surface area (Å²) in [7, 11) is 0. The number of carbonyl (C=O) groups excluding carboxylic acids is 1. The first kappa shape index (κ1) is 26.5. The molecule has 0 spiro atoms. The Kier molecular flexibility index (Phi) is 14.3. The van der Waals surface area contributed by atoms with Crippen LogP contribution in [0.25, 0.3) is 0 Å². The van der Waals surface area contributed by atoms with Gasteiger partial charge in [-0.25, -0.2) is 0 Å². The second-order valence-electron chi connectivity index (χ2n) is 8.33. The third-order valence-electron chi connectivity index (χ3n) is 5.72. The van der Waals surface area contributed by atoms with E-state index in [4.69, 9.17) is 16.9 Å². The van der Waals surface area contributed by atoms with Crippen molar-refractivity contribution in [2.45, 2.75) is 72.1 Å². The molecule has 2 fully saturated rings. The van der Waals surface area contributed by atoms with Gasteiger partial charge in [0, 0.05) is 39.0 Å². The van der Waals surface area contributed by atoms with Crippen LogP contribution in [-0.4, -0.2) is 43.4 Å². The van der Waals surface area contributed by atoms with Crippen LogP contribution >= 0.6 is 11.6 Å². The number of rotatable bonds is 5. The summed E-state index contributed by atoms with van der Waals surface area (Å²) >= 11 is 6.17. The summed E-state index contributed by atoms with van der Waals surface area (Å²) in [6.45, 7) is 11.7. The lowest BCUT2D eigenvalue weighted by Gasteiger charge is -2.35. The first-order valence-electron chi connectivity index (χ1n) is 11.6. The Balaban J connectivity index is 0.000000253. The number of carbonyl (C=O) groups is 1. The summed E-state index contributed by atoms with van der Waals surface area (Å²) in [5.74, 6) is 1.20. The summed E-state index contributed by atoms with van der Waals surface area (Å²) in [5, 5.41) is 8.88. The number of unbranched alkanes of at least 4 members (excludes halogenated alkanes) is 1. The number of nitriles is 1. The Hall–Kier alpha value is -1.57. The molecule has 168 valence electrons. The van der Waals surface area contributed by atoms with E-state index in [1.54, 1.807) is 0 Å². The monoisotopic (exact) mass is 433 g/mol. The van der Waals surface area contributed by atoms with E-state index in [9.17, 15) is 4.79 Å². The van der Waals surface area contributed by atoms with Gasteiger partial charge < -0.3 is 14.6 Å². The van der Waals surface area contributed by atoms with Crippen LogP contribution < -0.4 is 4.90 Å². The molecule has 0 unspecified atom stereocenters. The molecule has 0 aromatic heterocycles. The van der Waals surface area contributed by atoms with Gasteiger partial charge in [0.2, 0.25) is 0 Å². The number of halogens is 1. The fraction of sp³-hybridized carbons (Fsp3) is 0.680. The number of anilines is 1. The van der Waals surface area contributed by atoms with Gasteiger partial charge in [-0.15, -0.1) is 0 Å². The minimum absolute atomic E-state index is 0.167. The Morgan fingerprint density at radius 3 is 2.23 bits per heavy atom. The standard InChI is InChI=1S/C12H17ClN2.C7H14.C6H9NO/c1-2-14-7-9-15(10-8-14)12-6-4-3-5-11(12)13;1-7-5-3-2-4-6-7;1-6(8)4-2-3-5-7/h3-6H,2,7-10H2,1H3;7H,2-6H2,1H3;2-4H2,1H3. The van der Waals surface area contributed by atoms with E-state index in [1.165, 1.54) is 44.7 Å². The zero-order valence-electron chi connectivity index (χ0n) is 19.2. The SMILES string of the molecule is CC(=O)CCCC#N.CC1CCCCC1.CCN1CCN(c2ccccc2Cl)CC1. The molecule has 30 heavy (non-hydrogen) atoms. The zero-order chi connectivity index (χ0) is 22.2. The molecule has 0 atom stereocenters. The molecule has 0 radical (unpaired) electrons. The molecule has 1 aliphatic carbocycles. The number of hydrogen-bond acceptors (Lipinski definition) is 4. The van der Waals surface area contributed by atoms with E-state index in [1.807, 2.05) is 24.3 Å². The maximum Gasteiger partial charge on any atom is 0.129 e. The number of nitrogens with zero attached hydrogens (tertiary/aromatic N) is 3. The van der Waals surface area contributed by atoms with Crippen LogP contribution in [0.1, 0.15) is 72.1 Å². The van der Waals surface area contributed by atoms with Crippen molar-refractivity contribution in [1.82, 2.24) is 4.90 Å². The second kappa shape index (κ2) is 16.2. The van der Waals surface area contributed by atoms with Crippen molar-refractivity contribution in [1.29, 1.82) is 5.26 Å². The van der Waals surface area contributed by atoms with Crippen LogP contribution in [0.5, 0.6) is 0 Å². The van der Waals surface area contributed by atoms with Crippen molar-refractivity contribution in [3.8, 4) is 6.07 Å². The Morgan fingerprint density at radius 1 is 1.13 bits per heavy atom. The summed E-state index contributed by atoms with van der Waals surface area (Å²) in [5.41, 5.74) is 1.18. The van der Waals surface area contributed by atoms with Crippen molar-refractivity contribution in [2.75, 3.05) is 37.6 Å². The van der Waals surface area contributed by atoms with Gasteiger partial charge in [-0.2, -0.15) is 5.26 Å². The van der Waals surface area contributed by atoms with Crippen LogP contribution in [-0.2, 0) is 4.79 Å². The summed E-state index contributed by atoms with van der Waals surface area (Å²) in [4.78, 5) is 15.0. The maximum absolute atomic E-state index is 10.2. The smallest absolute Gasteiger partial charge is 0.129 e. The highest BCUT2D eigenvalue weighted by Gasteiger charge is 2.17. The predicted molar refractivity (Wildman–Crippen MR) is 128 cm³/mol. The molecule has 5 heteroatoms. The van der Waals surface area contributed by atoms with Gasteiger partial charge >= 0.3 is 0 Å². The van der Waals surface area contributed by atoms with Crippen molar-refractivity contribution >= 4 is 23.1 Å². The molecule has 1 aromatic rings. The second-order valence-corrected chi connectivity index (χ2v) is 8.74. The number of para-hydroxylation sites is 1. The summed E-state index contributed by atoms with van der Waals surface area (Å²) < 4.78 is 0. The lowest BCUT2D eigenvalue weighted by atomic mass is 9.91. The maximum atomic E-state index is 10.2. The van der Waals surface area contributed by atoms with Crippen molar-refractivity contribution in [3.05, 3.63) is 29.3 Å². The van der Waals surface area contributed by atoms with E-state index in [2.05, 4.69) is 29.7 Å². The van der Waals surface area contributed by atoms with Gasteiger partial charge in [0.1, 0.15) is 5.78 Å². The molecule has 4 nitrogen and oxygen atoms in total. The topological polar surface area (TPSA) is 47.3 Å². The number of piperazine rings is 1. The summed E-state index contributed by atoms with van der Waals surface area (Å²) in [6.07, 6.45) is 9.20. The van der Waals surface area contributed by atoms with Crippen molar-refractivity contribution in [2.24, 2.45) is 5.92 Å². The molecule has 1 heterocycles. The Labute approximate surface area is 189 Å². The minimum atomic E-state index is 0.167. The number of ketones is 1. The van der Waals surface area contributed by atoms with Crippen molar-refractivity contribution in [3.63, 3.8) is 0 Å². The molecule has 0 N–H and O–H groups in total. The van der Waals surface area contributed by atoms with Crippen molar-refractivity contribution < 1.29 is 4.79 Å². The first-order chi connectivity index (χ1) is 14.5. The largest absolute Gasteiger partial charge is 0.368 e. The van der Waals surface area contributed by atoms with Gasteiger partial charge in [0.15, 0.2) is 0 Å². The van der Waals surface area contributed by atoms with E-state index in [0.717, 1.165) is 43.7 Å². The lowest BCUT2D eigenvalue weighted by Crippen LogP contribution is -2.46. The molecule has 1 saturated carbocycles. The van der Waals surface area contributed by atoms with E-state index >= 15 is 0 Å². The van der Waals surface area contributed by atoms with Gasteiger partial charge in [-0.3, -0.25) is 0 Å². The molecular weight excluding hydrogens is 394 g/mol. The quantitative estimate of drug-likeness (QED) is 0.508. The number of hydrogen-bond donors (Lipinski definition) is 0. The van der Waals surface area contributed by atoms with E-state index in [-0.39, 0.29) is 5.78 Å². The first-order valence-corrected chi connectivity index (χ1v) is 11.9. The van der Waals surface area contributed by atoms with E-state index in [0.29, 0.717) is 19.3 Å². The molecule has 2 aliphatic rings. The van der Waals surface area contributed by atoms with Crippen LogP contribution in [0.3, 0.4) is 0 Å². The molecule has 1 saturated heterocycles. The average molecular weight is 434 g/mol. The van der Waals surface area contributed by atoms with E-state index < -0.39 is 0 Å². The number of Topliss-reactive ketones (excluding diaryl/α,β-unsaturated/α-hetero) is 1. The zero-order valence-corrected chi connectivity index (χ0v) is 20.0. The number of likely N-dealkylation sites (N-methyl/N-ethyl adjacent to an activating group) is 1. The van der Waals surface area contributed by atoms with Gasteiger partial charge in [-0.1, -0.05) is 69.7 Å². The fourth-order valence-corrected chi connectivity index (χ4v) is 3.99. The third-order valence-corrected chi connectivity index (χ3v) is 6.04. The number of benzene rings is 1. The van der Waals surface area contributed by atoms with Gasteiger partial charge in [-0.05, 0) is 37.9 Å². The Bertz CT molecular complexity index is 630. The normalized spacial score (nSPS) is 17.1. The lowest BCUT2D eigenvalue weighted by molar-refractivity contribution is -0.117. The predicted octanol–water partition coefficient (Wildman–Crippen LogP) is 6.34. The average Bonchev–Trinajstić information content (AvgIpc) is 2.76. The highest BCUT2D eigenvalue weighted by Crippen LogP contribution is 2.26. The van der Waals surface area contributed by atoms with Crippen LogP contribution in [0, 0.1) is 17.2 Å². The highest BCUT2D eigenvalue weighted by atomic mass is 35.5. The minimum Gasteiger partial charge on any atom is -0.368 e. The molecular formula is C25H40ClN3O. The van der Waals surface area contributed by atoms with Gasteiger partial charge in [0.25, 0.3) is 0 Å². The molecule has 0 amide bonds. The molecule has 3 rings (SSSR count). The van der Waals surface area contributed by atoms with Gasteiger partial charge in [0.05, 0.1) is 16.8 Å². The third kappa shape index (κ3) is 11.6. The van der Waals surface area contributed by atoms with Crippen LogP contribution in [0.15, 0.2) is 24.3 Å². The molecule has 1 aliphatic heterocycles. The fourth-order valence-electron chi connectivity index (χ4n) is 3.74. The molecule has 1 aromatic carbocycles. The Morgan fingerprint density at radius 2 is 1.77 bits per heavy atom. The van der Waals surface area contributed by atoms with Crippen LogP contribution in [0.4, 0.5) is 5.69 Å². The summed E-state index contributed by atoms with van der Waals surface area (Å²) in [6, 6.07) is 10.1. The highest BCUT2D eigenvalue weighted by molar-refractivity contribution is 6.33. The van der Waals surface area contributed by atoms with Crippen LogP contribution in [0.2, 0.25) is 5.02 Å². The molecule has 0 bridgehead atoms.